The Bertz CT molecular complexity index is 2720. The summed E-state index contributed by atoms with van der Waals surface area (Å²) in [7, 11) is 0. The first-order chi connectivity index (χ1) is 42.4. The molecule has 30 heteroatoms. The summed E-state index contributed by atoms with van der Waals surface area (Å²) in [5, 5.41) is 163. The van der Waals surface area contributed by atoms with Crippen molar-refractivity contribution < 1.29 is 148 Å². The number of aliphatic hydroxyl groups is 13. The molecule has 5 heterocycles. The standard InChI is InChI=1S/C61H94O30/c1-23-32(66)41(86-48-37(71)34(68)33(67)29(20-62)85-48)39(73)50(82-23)89-44-43(88-52-45(74)61(80,21-63)22-81-52)40(84-25(3)64)24(2)83-51(44)91-54(79)60-16-14-55(4,5)18-27(60)26-10-11-30-56(6)19-28(65)46(90-49-38(72)35(69)36(70)42(87-49)47(75)76)59(9,53(77)78)31(56)12-13-58(30,8)57(26,7)15-17-60/h10,23-24,27-46,48-52,62-63,65-74,80H,11-22H2,1-9H3,(H,75,76)(H,77,78)/t23-,24+,27-,28-,29+,30?,31?,32-,33+,34-,35-,36-,37+,38+,39+,40-,41+,42-,43-,44+,45-,46-,48-,49-,50-,51-,52-,56+,57+,58+,59-,60-,61+/m0/s1. The van der Waals surface area contributed by atoms with Crippen LogP contribution < -0.4 is 0 Å². The van der Waals surface area contributed by atoms with E-state index in [4.69, 9.17) is 52.1 Å². The van der Waals surface area contributed by atoms with E-state index in [-0.39, 0.29) is 24.2 Å². The van der Waals surface area contributed by atoms with Gasteiger partial charge in [0.05, 0.1) is 49.0 Å². The van der Waals surface area contributed by atoms with Crippen LogP contribution in [0.2, 0.25) is 0 Å². The second-order valence-electron chi connectivity index (χ2n) is 29.3. The fourth-order valence-corrected chi connectivity index (χ4v) is 18.0. The average molecular weight is 1310 g/mol. The van der Waals surface area contributed by atoms with Crippen molar-refractivity contribution in [2.75, 3.05) is 19.8 Å². The molecular formula is C61H94O30. The normalized spacial score (nSPS) is 52.9. The number of carbonyl (C=O) groups is 4. The van der Waals surface area contributed by atoms with E-state index in [2.05, 4.69) is 33.8 Å². The van der Waals surface area contributed by atoms with Crippen molar-refractivity contribution >= 4 is 23.9 Å². The van der Waals surface area contributed by atoms with Crippen LogP contribution in [0.5, 0.6) is 0 Å². The van der Waals surface area contributed by atoms with Crippen LogP contribution in [0.15, 0.2) is 11.6 Å². The number of carbonyl (C=O) groups excluding carboxylic acids is 2. The second-order valence-corrected chi connectivity index (χ2v) is 29.3. The molecule has 0 aromatic rings. The smallest absolute Gasteiger partial charge is 0.335 e. The van der Waals surface area contributed by atoms with E-state index >= 15 is 4.79 Å². The molecule has 5 aliphatic heterocycles. The maximum atomic E-state index is 16.0. The lowest BCUT2D eigenvalue weighted by Gasteiger charge is -2.71. The van der Waals surface area contributed by atoms with Crippen molar-refractivity contribution in [3.63, 3.8) is 0 Å². The average Bonchev–Trinajstić information content (AvgIpc) is 0.956. The molecule has 5 saturated heterocycles. The lowest BCUT2D eigenvalue weighted by Crippen LogP contribution is -2.70. The summed E-state index contributed by atoms with van der Waals surface area (Å²) in [4.78, 5) is 54.9. The Morgan fingerprint density at radius 1 is 0.604 bits per heavy atom. The van der Waals surface area contributed by atoms with Gasteiger partial charge in [-0.05, 0) is 118 Å². The van der Waals surface area contributed by atoms with Crippen molar-refractivity contribution in [3.05, 3.63) is 11.6 Å². The largest absolute Gasteiger partial charge is 0.481 e. The summed E-state index contributed by atoms with van der Waals surface area (Å²) in [6.45, 7) is 13.5. The van der Waals surface area contributed by atoms with Gasteiger partial charge >= 0.3 is 23.9 Å². The third-order valence-corrected chi connectivity index (χ3v) is 23.5. The van der Waals surface area contributed by atoms with E-state index in [0.717, 1.165) is 12.5 Å². The van der Waals surface area contributed by atoms with Gasteiger partial charge in [0.2, 0.25) is 6.29 Å². The first-order valence-electron chi connectivity index (χ1n) is 31.5. The number of carboxylic acid groups (broad SMARTS) is 2. The van der Waals surface area contributed by atoms with Crippen LogP contribution >= 0.6 is 0 Å². The highest BCUT2D eigenvalue weighted by molar-refractivity contribution is 5.79. The SMILES string of the molecule is CC(=O)O[C@@H]1[C@H](O[C@@H]2OC[C@](O)(CO)[C@H]2O)[C@@H](O[C@@H]2O[C@@H](C)[C@H](O)[C@@H](O[C@@H]3O[C@H](CO)[C@@H](O)[C@H](O)[C@H]3O)[C@H]2O)[C@H](OC(=O)[C@]23CCC(C)(C)C[C@H]2C2=CCC4[C@@]5(C)C[C@H](O)[C@H](O[C@@H]6O[C@H](C(=O)O)[C@@H](O)[C@H](O)[C@H]6O)[C@@](C)(C(=O)O)C5CC[C@@]4(C)[C@]2(C)CC3)O[C@@H]1C. The highest BCUT2D eigenvalue weighted by Crippen LogP contribution is 2.76. The Morgan fingerprint density at radius 2 is 1.21 bits per heavy atom. The van der Waals surface area contributed by atoms with Gasteiger partial charge in [0.25, 0.3) is 0 Å². The lowest BCUT2D eigenvalue weighted by molar-refractivity contribution is -0.386. The molecule has 30 nitrogen and oxygen atoms in total. The molecule has 91 heavy (non-hydrogen) atoms. The fourth-order valence-electron chi connectivity index (χ4n) is 18.0. The van der Waals surface area contributed by atoms with Crippen LogP contribution in [0.1, 0.15) is 120 Å². The molecule has 0 aromatic heterocycles. The Labute approximate surface area is 525 Å². The monoisotopic (exact) mass is 1310 g/mol. The second kappa shape index (κ2) is 25.3. The number of aliphatic carboxylic acids is 2. The number of fused-ring (bicyclic) bond motifs is 7. The van der Waals surface area contributed by atoms with Gasteiger partial charge in [0, 0.05) is 6.92 Å². The van der Waals surface area contributed by atoms with E-state index < -0.39 is 236 Å². The summed E-state index contributed by atoms with van der Waals surface area (Å²) in [6.07, 6.45) is -37.7. The molecule has 10 aliphatic rings. The Kier molecular flexibility index (Phi) is 19.6. The van der Waals surface area contributed by atoms with Crippen molar-refractivity contribution in [2.45, 2.75) is 273 Å². The summed E-state index contributed by atoms with van der Waals surface area (Å²) in [5.41, 5.74) is -6.98. The Balaban J connectivity index is 0.977. The third kappa shape index (κ3) is 11.6. The molecule has 0 amide bonds. The molecule has 518 valence electrons. The predicted molar refractivity (Wildman–Crippen MR) is 300 cm³/mol. The van der Waals surface area contributed by atoms with Gasteiger partial charge in [-0.25, -0.2) is 4.79 Å². The molecule has 2 unspecified atom stereocenters. The number of allylic oxidation sites excluding steroid dienone is 2. The Morgan fingerprint density at radius 3 is 1.82 bits per heavy atom. The number of rotatable bonds is 15. The van der Waals surface area contributed by atoms with Crippen LogP contribution in [0.3, 0.4) is 0 Å². The van der Waals surface area contributed by atoms with E-state index in [9.17, 15) is 91.0 Å². The number of hydrogen-bond donors (Lipinski definition) is 15. The highest BCUT2D eigenvalue weighted by Gasteiger charge is 2.73. The highest BCUT2D eigenvalue weighted by atomic mass is 16.8. The number of ether oxygens (including phenoxy) is 11. The van der Waals surface area contributed by atoms with E-state index in [0.29, 0.717) is 44.9 Å². The lowest BCUT2D eigenvalue weighted by atomic mass is 9.33. The van der Waals surface area contributed by atoms with Crippen LogP contribution in [0.4, 0.5) is 0 Å². The zero-order valence-electron chi connectivity index (χ0n) is 52.5. The topological polar surface area (TPSA) is 473 Å². The number of carboxylic acids is 2. The molecule has 4 saturated carbocycles. The van der Waals surface area contributed by atoms with Crippen LogP contribution in [-0.4, -0.2) is 273 Å². The molecule has 10 rings (SSSR count). The van der Waals surface area contributed by atoms with Crippen molar-refractivity contribution in [2.24, 2.45) is 50.2 Å². The van der Waals surface area contributed by atoms with Crippen molar-refractivity contribution in [3.8, 4) is 0 Å². The fraction of sp³-hybridized carbons (Fsp3) is 0.902. The van der Waals surface area contributed by atoms with Crippen LogP contribution in [-0.2, 0) is 71.3 Å². The molecule has 9 fully saturated rings. The third-order valence-electron chi connectivity index (χ3n) is 23.5. The van der Waals surface area contributed by atoms with Gasteiger partial charge in [-0.3, -0.25) is 14.4 Å². The van der Waals surface area contributed by atoms with Gasteiger partial charge in [-0.2, -0.15) is 0 Å². The maximum absolute atomic E-state index is 16.0. The molecule has 5 aliphatic carbocycles. The van der Waals surface area contributed by atoms with Crippen molar-refractivity contribution in [1.82, 2.24) is 0 Å². The minimum absolute atomic E-state index is 0.00233. The van der Waals surface area contributed by atoms with Gasteiger partial charge < -0.3 is 129 Å². The maximum Gasteiger partial charge on any atom is 0.335 e. The molecule has 0 spiro atoms. The summed E-state index contributed by atoms with van der Waals surface area (Å²) < 4.78 is 66.6. The van der Waals surface area contributed by atoms with Crippen molar-refractivity contribution in [1.29, 1.82) is 0 Å². The molecule has 15 N–H and O–H groups in total. The molecular weight excluding hydrogens is 1210 g/mol. The molecule has 0 radical (unpaired) electrons. The van der Waals surface area contributed by atoms with Gasteiger partial charge in [-0.1, -0.05) is 46.3 Å². The molecule has 33 atom stereocenters. The summed E-state index contributed by atoms with van der Waals surface area (Å²) in [5.74, 6) is -6.09. The Hall–Kier alpha value is -3.26. The van der Waals surface area contributed by atoms with E-state index in [1.165, 1.54) is 20.8 Å². The van der Waals surface area contributed by atoms with Crippen LogP contribution in [0, 0.1) is 50.2 Å². The van der Waals surface area contributed by atoms with Gasteiger partial charge in [0.15, 0.2) is 43.5 Å². The molecule has 0 bridgehead atoms. The zero-order chi connectivity index (χ0) is 66.9. The summed E-state index contributed by atoms with van der Waals surface area (Å²) in [6, 6.07) is 0. The first kappa shape index (κ1) is 70.5. The minimum Gasteiger partial charge on any atom is -0.481 e. The van der Waals surface area contributed by atoms with E-state index in [1.807, 2.05) is 6.92 Å². The quantitative estimate of drug-likeness (QED) is 0.0447. The molecule has 0 aromatic carbocycles. The van der Waals surface area contributed by atoms with Gasteiger partial charge in [0.1, 0.15) is 85.0 Å². The van der Waals surface area contributed by atoms with Gasteiger partial charge in [-0.15, -0.1) is 0 Å². The predicted octanol–water partition coefficient (Wildman–Crippen LogP) is -2.82. The number of aliphatic hydroxyl groups excluding tert-OH is 12. The summed E-state index contributed by atoms with van der Waals surface area (Å²) >= 11 is 0. The number of hydrogen-bond acceptors (Lipinski definition) is 28. The number of esters is 2. The van der Waals surface area contributed by atoms with Crippen LogP contribution in [0.25, 0.3) is 0 Å². The van der Waals surface area contributed by atoms with E-state index in [1.54, 1.807) is 0 Å². The first-order valence-corrected chi connectivity index (χ1v) is 31.5. The zero-order valence-corrected chi connectivity index (χ0v) is 52.5. The minimum atomic E-state index is -2.25.